The molecule has 0 heterocycles. The van der Waals surface area contributed by atoms with E-state index >= 15 is 0 Å². The Hall–Kier alpha value is -1.05. The van der Waals surface area contributed by atoms with Crippen LogP contribution >= 0.6 is 0 Å². The molecule has 0 N–H and O–H groups in total. The van der Waals surface area contributed by atoms with Gasteiger partial charge in [0.2, 0.25) is 5.91 Å². The Morgan fingerprint density at radius 2 is 0.971 bits per heavy atom. The second-order valence-corrected chi connectivity index (χ2v) is 11.0. The zero-order valence-corrected chi connectivity index (χ0v) is 24.5. The zero-order chi connectivity index (χ0) is 25.8. The first kappa shape index (κ1) is 34.0. The molecule has 0 aromatic heterocycles. The van der Waals surface area contributed by atoms with Crippen molar-refractivity contribution < 1.29 is 4.79 Å². The first-order chi connectivity index (χ1) is 17.1. The van der Waals surface area contributed by atoms with E-state index in [1.807, 2.05) is 14.1 Å². The van der Waals surface area contributed by atoms with Crippen molar-refractivity contribution in [3.05, 3.63) is 24.3 Å². The van der Waals surface area contributed by atoms with E-state index in [2.05, 4.69) is 38.2 Å². The fourth-order valence-corrected chi connectivity index (χ4v) is 4.77. The number of hydrogen-bond acceptors (Lipinski definition) is 1. The van der Waals surface area contributed by atoms with Gasteiger partial charge >= 0.3 is 0 Å². The van der Waals surface area contributed by atoms with Gasteiger partial charge in [-0.1, -0.05) is 134 Å². The highest BCUT2D eigenvalue weighted by Crippen LogP contribution is 2.23. The topological polar surface area (TPSA) is 20.3 Å². The minimum Gasteiger partial charge on any atom is -0.349 e. The Morgan fingerprint density at radius 3 is 1.46 bits per heavy atom. The third-order valence-corrected chi connectivity index (χ3v) is 7.24. The summed E-state index contributed by atoms with van der Waals surface area (Å²) in [4.78, 5) is 14.0. The molecule has 0 aliphatic carbocycles. The molecule has 0 aromatic rings. The van der Waals surface area contributed by atoms with Crippen molar-refractivity contribution in [2.75, 3.05) is 14.1 Å². The average Bonchev–Trinajstić information content (AvgIpc) is 2.84. The number of amides is 1. The predicted molar refractivity (Wildman–Crippen MR) is 158 cm³/mol. The van der Waals surface area contributed by atoms with Crippen LogP contribution in [-0.4, -0.2) is 24.9 Å². The summed E-state index contributed by atoms with van der Waals surface area (Å²) in [5.41, 5.74) is 0. The molecule has 0 saturated carbocycles. The maximum absolute atomic E-state index is 12.3. The number of allylic oxidation sites excluding steroid dienone is 4. The molecule has 0 aliphatic rings. The third-order valence-electron chi connectivity index (χ3n) is 7.24. The fourth-order valence-electron chi connectivity index (χ4n) is 4.77. The second kappa shape index (κ2) is 27.5. The molecule has 0 spiro atoms. The molecule has 0 rings (SSSR count). The highest BCUT2D eigenvalue weighted by molar-refractivity contribution is 5.75. The maximum atomic E-state index is 12.3. The summed E-state index contributed by atoms with van der Waals surface area (Å²) < 4.78 is 0. The molecule has 1 unspecified atom stereocenters. The third kappa shape index (κ3) is 25.8. The lowest BCUT2D eigenvalue weighted by Gasteiger charge is -2.19. The number of carbonyl (C=O) groups is 1. The van der Waals surface area contributed by atoms with Crippen LogP contribution in [0, 0.1) is 5.92 Å². The maximum Gasteiger partial charge on any atom is 0.222 e. The van der Waals surface area contributed by atoms with E-state index in [9.17, 15) is 4.79 Å². The predicted octanol–water partition coefficient (Wildman–Crippen LogP) is 10.8. The largest absolute Gasteiger partial charge is 0.349 e. The van der Waals surface area contributed by atoms with Gasteiger partial charge in [-0.15, -0.1) is 0 Å². The zero-order valence-electron chi connectivity index (χ0n) is 24.5. The SMILES string of the molecule is CCCCC/C=C\C/C=C\CCCCCCCCCC(CCCCCCCCC)CC(=O)N(C)C. The molecule has 0 bridgehead atoms. The summed E-state index contributed by atoms with van der Waals surface area (Å²) in [6.07, 6.45) is 39.2. The molecule has 35 heavy (non-hydrogen) atoms. The van der Waals surface area contributed by atoms with Gasteiger partial charge in [-0.2, -0.15) is 0 Å². The van der Waals surface area contributed by atoms with Crippen LogP contribution < -0.4 is 0 Å². The summed E-state index contributed by atoms with van der Waals surface area (Å²) in [6, 6.07) is 0. The van der Waals surface area contributed by atoms with Gasteiger partial charge in [-0.05, 0) is 50.9 Å². The molecular formula is C33H63NO. The monoisotopic (exact) mass is 489 g/mol. The van der Waals surface area contributed by atoms with Crippen molar-refractivity contribution in [1.29, 1.82) is 0 Å². The van der Waals surface area contributed by atoms with Crippen molar-refractivity contribution in [3.8, 4) is 0 Å². The Labute approximate surface area is 221 Å². The van der Waals surface area contributed by atoms with Crippen LogP contribution in [-0.2, 0) is 4.79 Å². The first-order valence-electron chi connectivity index (χ1n) is 15.6. The molecule has 0 aromatic carbocycles. The van der Waals surface area contributed by atoms with Gasteiger partial charge in [0.25, 0.3) is 0 Å². The van der Waals surface area contributed by atoms with Gasteiger partial charge in [-0.3, -0.25) is 4.79 Å². The first-order valence-corrected chi connectivity index (χ1v) is 15.6. The Kier molecular flexibility index (Phi) is 26.7. The second-order valence-electron chi connectivity index (χ2n) is 11.0. The van der Waals surface area contributed by atoms with Crippen molar-refractivity contribution in [2.24, 2.45) is 5.92 Å². The Bertz CT molecular complexity index is 493. The van der Waals surface area contributed by atoms with Crippen molar-refractivity contribution in [3.63, 3.8) is 0 Å². The van der Waals surface area contributed by atoms with Gasteiger partial charge in [0.1, 0.15) is 0 Å². The number of rotatable bonds is 26. The van der Waals surface area contributed by atoms with E-state index in [1.165, 1.54) is 135 Å². The molecule has 206 valence electrons. The molecule has 0 saturated heterocycles. The van der Waals surface area contributed by atoms with Crippen LogP contribution in [0.1, 0.15) is 162 Å². The van der Waals surface area contributed by atoms with Gasteiger partial charge in [-0.25, -0.2) is 0 Å². The van der Waals surface area contributed by atoms with E-state index < -0.39 is 0 Å². The summed E-state index contributed by atoms with van der Waals surface area (Å²) in [6.45, 7) is 4.54. The standard InChI is InChI=1S/C33H63NO/c1-5-7-9-11-13-14-15-16-17-18-19-20-21-22-24-26-28-30-32(31-33(35)34(3)4)29-27-25-23-12-10-8-6-2/h13-14,16-17,32H,5-12,15,18-31H2,1-4H3/b14-13-,17-16-. The number of unbranched alkanes of at least 4 members (excludes halogenated alkanes) is 16. The number of carbonyl (C=O) groups excluding carboxylic acids is 1. The molecule has 0 fully saturated rings. The van der Waals surface area contributed by atoms with E-state index in [0.29, 0.717) is 11.8 Å². The highest BCUT2D eigenvalue weighted by Gasteiger charge is 2.15. The summed E-state index contributed by atoms with van der Waals surface area (Å²) >= 11 is 0. The van der Waals surface area contributed by atoms with Gasteiger partial charge < -0.3 is 4.90 Å². The van der Waals surface area contributed by atoms with Gasteiger partial charge in [0, 0.05) is 20.5 Å². The lowest BCUT2D eigenvalue weighted by molar-refractivity contribution is -0.129. The van der Waals surface area contributed by atoms with E-state index in [0.717, 1.165) is 12.8 Å². The van der Waals surface area contributed by atoms with Gasteiger partial charge in [0.05, 0.1) is 0 Å². The molecule has 1 amide bonds. The van der Waals surface area contributed by atoms with Crippen LogP contribution in [0.15, 0.2) is 24.3 Å². The highest BCUT2D eigenvalue weighted by atomic mass is 16.2. The fraction of sp³-hybridized carbons (Fsp3) is 0.848. The molecule has 1 atom stereocenters. The average molecular weight is 490 g/mol. The number of nitrogens with zero attached hydrogens (tertiary/aromatic N) is 1. The number of hydrogen-bond donors (Lipinski definition) is 0. The molecule has 2 nitrogen and oxygen atoms in total. The summed E-state index contributed by atoms with van der Waals surface area (Å²) in [5.74, 6) is 0.911. The molecular weight excluding hydrogens is 426 g/mol. The minimum atomic E-state index is 0.315. The summed E-state index contributed by atoms with van der Waals surface area (Å²) in [7, 11) is 3.80. The van der Waals surface area contributed by atoms with E-state index in [4.69, 9.17) is 0 Å². The Morgan fingerprint density at radius 1 is 0.571 bits per heavy atom. The van der Waals surface area contributed by atoms with Crippen LogP contribution in [0.5, 0.6) is 0 Å². The van der Waals surface area contributed by atoms with Crippen LogP contribution in [0.25, 0.3) is 0 Å². The van der Waals surface area contributed by atoms with Crippen LogP contribution in [0.3, 0.4) is 0 Å². The van der Waals surface area contributed by atoms with Gasteiger partial charge in [0.15, 0.2) is 0 Å². The molecule has 0 radical (unpaired) electrons. The minimum absolute atomic E-state index is 0.315. The Balaban J connectivity index is 3.74. The van der Waals surface area contributed by atoms with Crippen LogP contribution in [0.2, 0.25) is 0 Å². The van der Waals surface area contributed by atoms with Crippen molar-refractivity contribution in [2.45, 2.75) is 162 Å². The normalized spacial score (nSPS) is 12.7. The van der Waals surface area contributed by atoms with Crippen LogP contribution in [0.4, 0.5) is 0 Å². The lowest BCUT2D eigenvalue weighted by atomic mass is 9.91. The molecule has 2 heteroatoms. The van der Waals surface area contributed by atoms with Crippen molar-refractivity contribution >= 4 is 5.91 Å². The quantitative estimate of drug-likeness (QED) is 0.0873. The molecule has 0 aliphatic heterocycles. The smallest absolute Gasteiger partial charge is 0.222 e. The van der Waals surface area contributed by atoms with Crippen molar-refractivity contribution in [1.82, 2.24) is 4.90 Å². The summed E-state index contributed by atoms with van der Waals surface area (Å²) in [5, 5.41) is 0. The lowest BCUT2D eigenvalue weighted by Crippen LogP contribution is -2.24. The van der Waals surface area contributed by atoms with E-state index in [1.54, 1.807) is 4.90 Å². The van der Waals surface area contributed by atoms with E-state index in [-0.39, 0.29) is 0 Å².